The lowest BCUT2D eigenvalue weighted by atomic mass is 10.0. The number of carbonyl (C=O) groups excluding carboxylic acids is 1. The van der Waals surface area contributed by atoms with E-state index in [4.69, 9.17) is 10.5 Å². The molecule has 21 heavy (non-hydrogen) atoms. The van der Waals surface area contributed by atoms with Crippen molar-refractivity contribution < 1.29 is 14.6 Å². The third-order valence-corrected chi connectivity index (χ3v) is 3.19. The van der Waals surface area contributed by atoms with Crippen LogP contribution in [0.4, 0.5) is 0 Å². The Morgan fingerprint density at radius 1 is 1.00 bits per heavy atom. The summed E-state index contributed by atoms with van der Waals surface area (Å²) in [7, 11) is 0. The van der Waals surface area contributed by atoms with E-state index in [1.807, 2.05) is 60.7 Å². The van der Waals surface area contributed by atoms with E-state index in [0.29, 0.717) is 6.42 Å². The summed E-state index contributed by atoms with van der Waals surface area (Å²) < 4.78 is 5.08. The minimum absolute atomic E-state index is 0.134. The molecule has 4 nitrogen and oxygen atoms in total. The normalized spacial score (nSPS) is 13.4. The molecule has 0 aliphatic rings. The third kappa shape index (κ3) is 4.70. The second-order valence-electron chi connectivity index (χ2n) is 4.89. The van der Waals surface area contributed by atoms with Gasteiger partial charge in [0, 0.05) is 6.04 Å². The van der Waals surface area contributed by atoms with Gasteiger partial charge in [0.2, 0.25) is 0 Å². The first-order valence-corrected chi connectivity index (χ1v) is 6.85. The van der Waals surface area contributed by atoms with E-state index in [1.54, 1.807) is 0 Å². The number of carbonyl (C=O) groups is 1. The average molecular weight is 285 g/mol. The summed E-state index contributed by atoms with van der Waals surface area (Å²) in [6, 6.07) is 18.1. The maximum Gasteiger partial charge on any atom is 0.336 e. The van der Waals surface area contributed by atoms with Crippen LogP contribution in [-0.2, 0) is 22.6 Å². The van der Waals surface area contributed by atoms with Gasteiger partial charge in [-0.2, -0.15) is 0 Å². The van der Waals surface area contributed by atoms with E-state index in [1.165, 1.54) is 0 Å². The van der Waals surface area contributed by atoms with E-state index in [2.05, 4.69) is 0 Å². The number of hydrogen-bond acceptors (Lipinski definition) is 4. The second kappa shape index (κ2) is 7.57. The highest BCUT2D eigenvalue weighted by atomic mass is 16.5. The highest BCUT2D eigenvalue weighted by Crippen LogP contribution is 2.07. The number of rotatable bonds is 6. The molecule has 2 aromatic carbocycles. The number of nitrogens with two attached hydrogens (primary N) is 1. The first kappa shape index (κ1) is 15.2. The third-order valence-electron chi connectivity index (χ3n) is 3.19. The fraction of sp³-hybridized carbons (Fsp3) is 0.235. The minimum Gasteiger partial charge on any atom is -0.459 e. The largest absolute Gasteiger partial charge is 0.459 e. The minimum atomic E-state index is -1.33. The first-order valence-electron chi connectivity index (χ1n) is 6.85. The van der Waals surface area contributed by atoms with Gasteiger partial charge in [0.15, 0.2) is 6.10 Å². The molecule has 0 heterocycles. The van der Waals surface area contributed by atoms with E-state index in [0.717, 1.165) is 11.1 Å². The molecular weight excluding hydrogens is 266 g/mol. The van der Waals surface area contributed by atoms with Crippen molar-refractivity contribution in [3.05, 3.63) is 71.8 Å². The van der Waals surface area contributed by atoms with E-state index >= 15 is 0 Å². The smallest absolute Gasteiger partial charge is 0.336 e. The van der Waals surface area contributed by atoms with Crippen molar-refractivity contribution in [1.29, 1.82) is 0 Å². The van der Waals surface area contributed by atoms with Gasteiger partial charge in [0.1, 0.15) is 6.61 Å². The van der Waals surface area contributed by atoms with Crippen molar-refractivity contribution >= 4 is 5.97 Å². The van der Waals surface area contributed by atoms with Crippen molar-refractivity contribution in [3.8, 4) is 0 Å². The van der Waals surface area contributed by atoms with Crippen LogP contribution in [0.3, 0.4) is 0 Å². The Kier molecular flexibility index (Phi) is 5.49. The Labute approximate surface area is 124 Å². The van der Waals surface area contributed by atoms with Crippen molar-refractivity contribution in [1.82, 2.24) is 0 Å². The molecule has 0 amide bonds. The molecule has 110 valence electrons. The molecule has 0 saturated carbocycles. The van der Waals surface area contributed by atoms with E-state index in [9.17, 15) is 9.90 Å². The van der Waals surface area contributed by atoms with Gasteiger partial charge < -0.3 is 15.6 Å². The molecule has 0 spiro atoms. The number of esters is 1. The van der Waals surface area contributed by atoms with Crippen molar-refractivity contribution in [3.63, 3.8) is 0 Å². The van der Waals surface area contributed by atoms with Crippen LogP contribution >= 0.6 is 0 Å². The first-order chi connectivity index (χ1) is 10.2. The summed E-state index contributed by atoms with van der Waals surface area (Å²) in [5.41, 5.74) is 7.71. The topological polar surface area (TPSA) is 72.5 Å². The van der Waals surface area contributed by atoms with Crippen LogP contribution in [0, 0.1) is 0 Å². The summed E-state index contributed by atoms with van der Waals surface area (Å²) in [5, 5.41) is 9.93. The van der Waals surface area contributed by atoms with Gasteiger partial charge in [0.25, 0.3) is 0 Å². The average Bonchev–Trinajstić information content (AvgIpc) is 2.53. The van der Waals surface area contributed by atoms with Crippen molar-refractivity contribution in [2.24, 2.45) is 5.73 Å². The Morgan fingerprint density at radius 2 is 1.52 bits per heavy atom. The zero-order valence-corrected chi connectivity index (χ0v) is 11.7. The molecule has 0 saturated heterocycles. The van der Waals surface area contributed by atoms with Crippen LogP contribution in [0.15, 0.2) is 60.7 Å². The number of ether oxygens (including phenoxy) is 1. The van der Waals surface area contributed by atoms with Crippen molar-refractivity contribution in [2.45, 2.75) is 25.2 Å². The molecule has 0 aliphatic heterocycles. The Morgan fingerprint density at radius 3 is 2.10 bits per heavy atom. The molecule has 0 bridgehead atoms. The maximum atomic E-state index is 11.8. The lowest BCUT2D eigenvalue weighted by molar-refractivity contribution is -0.156. The Balaban J connectivity index is 1.84. The Hall–Kier alpha value is -2.17. The summed E-state index contributed by atoms with van der Waals surface area (Å²) in [4.78, 5) is 11.8. The number of aliphatic hydroxyl groups excluding tert-OH is 1. The number of hydrogen-bond donors (Lipinski definition) is 2. The lowest BCUT2D eigenvalue weighted by Crippen LogP contribution is -2.42. The summed E-state index contributed by atoms with van der Waals surface area (Å²) in [6.07, 6.45) is -0.906. The Bertz CT molecular complexity index is 557. The molecule has 0 aromatic heterocycles. The number of aliphatic hydroxyl groups is 1. The summed E-state index contributed by atoms with van der Waals surface area (Å²) in [6.45, 7) is 0.134. The molecule has 2 rings (SSSR count). The highest BCUT2D eigenvalue weighted by molar-refractivity contribution is 5.75. The van der Waals surface area contributed by atoms with Crippen LogP contribution in [0.2, 0.25) is 0 Å². The van der Waals surface area contributed by atoms with Crippen LogP contribution in [-0.4, -0.2) is 23.2 Å². The zero-order chi connectivity index (χ0) is 15.1. The molecule has 4 heteroatoms. The number of benzene rings is 2. The predicted molar refractivity (Wildman–Crippen MR) is 80.4 cm³/mol. The van der Waals surface area contributed by atoms with Crippen molar-refractivity contribution in [2.75, 3.05) is 0 Å². The lowest BCUT2D eigenvalue weighted by Gasteiger charge is -2.17. The molecule has 2 atom stereocenters. The standard InChI is InChI=1S/C17H19NO3/c18-15(11-13-7-3-1-4-8-13)16(19)17(20)21-12-14-9-5-2-6-10-14/h1-10,15-16,19H,11-12,18H2/t15-,16-/m0/s1. The predicted octanol–water partition coefficient (Wildman–Crippen LogP) is 1.66. The molecule has 0 fully saturated rings. The van der Waals surface area contributed by atoms with Crippen LogP contribution < -0.4 is 5.73 Å². The molecule has 0 radical (unpaired) electrons. The SMILES string of the molecule is N[C@@H](Cc1ccccc1)[C@H](O)C(=O)OCc1ccccc1. The van der Waals surface area contributed by atoms with Crippen LogP contribution in [0.25, 0.3) is 0 Å². The van der Waals surface area contributed by atoms with Crippen LogP contribution in [0.1, 0.15) is 11.1 Å². The van der Waals surface area contributed by atoms with E-state index < -0.39 is 18.1 Å². The zero-order valence-electron chi connectivity index (χ0n) is 11.7. The van der Waals surface area contributed by atoms with Gasteiger partial charge in [-0.05, 0) is 17.5 Å². The van der Waals surface area contributed by atoms with Crippen LogP contribution in [0.5, 0.6) is 0 Å². The molecule has 2 aromatic rings. The molecule has 0 unspecified atom stereocenters. The fourth-order valence-electron chi connectivity index (χ4n) is 1.99. The molecular formula is C17H19NO3. The highest BCUT2D eigenvalue weighted by Gasteiger charge is 2.24. The summed E-state index contributed by atoms with van der Waals surface area (Å²) in [5.74, 6) is -0.692. The fourth-order valence-corrected chi connectivity index (χ4v) is 1.99. The second-order valence-corrected chi connectivity index (χ2v) is 4.89. The van der Waals surface area contributed by atoms with Gasteiger partial charge in [-0.25, -0.2) is 4.79 Å². The van der Waals surface area contributed by atoms with Gasteiger partial charge in [0.05, 0.1) is 0 Å². The van der Waals surface area contributed by atoms with E-state index in [-0.39, 0.29) is 6.61 Å². The van der Waals surface area contributed by atoms with Gasteiger partial charge >= 0.3 is 5.97 Å². The van der Waals surface area contributed by atoms with Gasteiger partial charge in [-0.3, -0.25) is 0 Å². The molecule has 0 aliphatic carbocycles. The maximum absolute atomic E-state index is 11.8. The monoisotopic (exact) mass is 285 g/mol. The van der Waals surface area contributed by atoms with Gasteiger partial charge in [-0.15, -0.1) is 0 Å². The quantitative estimate of drug-likeness (QED) is 0.792. The van der Waals surface area contributed by atoms with Gasteiger partial charge in [-0.1, -0.05) is 60.7 Å². The molecule has 3 N–H and O–H groups in total. The summed E-state index contributed by atoms with van der Waals surface area (Å²) >= 11 is 0.